The molecule has 4 heteroatoms. The molecule has 0 aromatic rings. The molecule has 0 saturated carbocycles. The zero-order valence-corrected chi connectivity index (χ0v) is 14.0. The second kappa shape index (κ2) is 6.59. The Morgan fingerprint density at radius 3 is 1.60 bits per heavy atom. The van der Waals surface area contributed by atoms with Crippen LogP contribution in [-0.2, 0) is 9.59 Å². The summed E-state index contributed by atoms with van der Waals surface area (Å²) in [7, 11) is 3.55. The summed E-state index contributed by atoms with van der Waals surface area (Å²) < 4.78 is 0. The summed E-state index contributed by atoms with van der Waals surface area (Å²) in [5.74, 6) is 1.52. The van der Waals surface area contributed by atoms with Crippen LogP contribution in [-0.4, -0.2) is 47.8 Å². The zero-order valence-electron chi connectivity index (χ0n) is 14.0. The van der Waals surface area contributed by atoms with Gasteiger partial charge >= 0.3 is 0 Å². The SMILES string of the molecule is CC(C)CC1C(=O)N(C)C(CC(C)C(C)C)C(=O)N1C. The number of nitrogens with zero attached hydrogens (tertiary/aromatic N) is 2. The second-order valence-corrected chi connectivity index (χ2v) is 7.02. The highest BCUT2D eigenvalue weighted by molar-refractivity contribution is 5.96. The molecule has 4 nitrogen and oxygen atoms in total. The van der Waals surface area contributed by atoms with Crippen LogP contribution in [0.15, 0.2) is 0 Å². The first-order valence-corrected chi connectivity index (χ1v) is 7.70. The highest BCUT2D eigenvalue weighted by atomic mass is 16.2. The fraction of sp³-hybridized carbons (Fsp3) is 0.875. The van der Waals surface area contributed by atoms with Crippen LogP contribution in [0.3, 0.4) is 0 Å². The van der Waals surface area contributed by atoms with Gasteiger partial charge in [-0.3, -0.25) is 9.59 Å². The van der Waals surface area contributed by atoms with Crippen molar-refractivity contribution in [2.45, 2.75) is 59.5 Å². The standard InChI is InChI=1S/C16H30N2O2/c1-10(2)8-13-15(19)18(7)14(16(20)17(13)6)9-12(5)11(3)4/h10-14H,8-9H2,1-7H3. The third-order valence-corrected chi connectivity index (χ3v) is 4.63. The lowest BCUT2D eigenvalue weighted by Crippen LogP contribution is -2.62. The molecule has 1 fully saturated rings. The van der Waals surface area contributed by atoms with Gasteiger partial charge in [0.25, 0.3) is 0 Å². The van der Waals surface area contributed by atoms with Gasteiger partial charge in [0, 0.05) is 14.1 Å². The molecular formula is C16H30N2O2. The maximum atomic E-state index is 12.6. The number of amides is 2. The molecule has 0 radical (unpaired) electrons. The molecule has 0 spiro atoms. The first-order valence-electron chi connectivity index (χ1n) is 7.70. The van der Waals surface area contributed by atoms with Gasteiger partial charge in [-0.15, -0.1) is 0 Å². The molecule has 1 aliphatic heterocycles. The van der Waals surface area contributed by atoms with Crippen molar-refractivity contribution in [3.8, 4) is 0 Å². The van der Waals surface area contributed by atoms with Crippen molar-refractivity contribution in [3.63, 3.8) is 0 Å². The number of carbonyl (C=O) groups is 2. The maximum Gasteiger partial charge on any atom is 0.245 e. The Bertz CT molecular complexity index is 365. The number of piperazine rings is 1. The minimum absolute atomic E-state index is 0.0850. The largest absolute Gasteiger partial charge is 0.332 e. The average molecular weight is 282 g/mol. The number of likely N-dealkylation sites (N-methyl/N-ethyl adjacent to an activating group) is 2. The van der Waals surface area contributed by atoms with Crippen LogP contribution in [0.5, 0.6) is 0 Å². The number of carbonyl (C=O) groups excluding carboxylic acids is 2. The van der Waals surface area contributed by atoms with E-state index in [-0.39, 0.29) is 23.9 Å². The van der Waals surface area contributed by atoms with Crippen LogP contribution >= 0.6 is 0 Å². The van der Waals surface area contributed by atoms with E-state index in [0.29, 0.717) is 17.8 Å². The molecule has 0 N–H and O–H groups in total. The molecule has 1 saturated heterocycles. The van der Waals surface area contributed by atoms with Crippen LogP contribution in [0.2, 0.25) is 0 Å². The van der Waals surface area contributed by atoms with E-state index < -0.39 is 0 Å². The van der Waals surface area contributed by atoms with E-state index in [9.17, 15) is 9.59 Å². The highest BCUT2D eigenvalue weighted by Gasteiger charge is 2.42. The molecule has 0 aliphatic carbocycles. The third kappa shape index (κ3) is 3.53. The van der Waals surface area contributed by atoms with Gasteiger partial charge in [0.1, 0.15) is 12.1 Å². The molecule has 0 aromatic heterocycles. The van der Waals surface area contributed by atoms with Crippen molar-refractivity contribution < 1.29 is 9.59 Å². The monoisotopic (exact) mass is 282 g/mol. The quantitative estimate of drug-likeness (QED) is 0.777. The molecule has 1 heterocycles. The maximum absolute atomic E-state index is 12.6. The van der Waals surface area contributed by atoms with Crippen molar-refractivity contribution in [3.05, 3.63) is 0 Å². The normalized spacial score (nSPS) is 25.9. The van der Waals surface area contributed by atoms with Crippen molar-refractivity contribution >= 4 is 11.8 Å². The summed E-state index contributed by atoms with van der Waals surface area (Å²) in [6, 6.07) is -0.591. The first-order chi connectivity index (χ1) is 9.16. The second-order valence-electron chi connectivity index (χ2n) is 7.02. The molecule has 20 heavy (non-hydrogen) atoms. The lowest BCUT2D eigenvalue weighted by Gasteiger charge is -2.43. The fourth-order valence-corrected chi connectivity index (χ4v) is 2.70. The Hall–Kier alpha value is -1.06. The third-order valence-electron chi connectivity index (χ3n) is 4.63. The molecule has 0 bridgehead atoms. The Balaban J connectivity index is 2.87. The van der Waals surface area contributed by atoms with Crippen LogP contribution in [0.25, 0.3) is 0 Å². The van der Waals surface area contributed by atoms with E-state index in [1.807, 2.05) is 0 Å². The van der Waals surface area contributed by atoms with Gasteiger partial charge in [-0.05, 0) is 30.6 Å². The van der Waals surface area contributed by atoms with Crippen molar-refractivity contribution in [2.75, 3.05) is 14.1 Å². The Morgan fingerprint density at radius 1 is 0.850 bits per heavy atom. The van der Waals surface area contributed by atoms with Crippen LogP contribution in [0.4, 0.5) is 0 Å². The van der Waals surface area contributed by atoms with Gasteiger partial charge in [-0.25, -0.2) is 0 Å². The van der Waals surface area contributed by atoms with E-state index in [2.05, 4.69) is 34.6 Å². The highest BCUT2D eigenvalue weighted by Crippen LogP contribution is 2.26. The molecule has 1 aliphatic rings. The number of rotatable bonds is 5. The van der Waals surface area contributed by atoms with Gasteiger partial charge in [0.05, 0.1) is 0 Å². The van der Waals surface area contributed by atoms with Crippen molar-refractivity contribution in [1.82, 2.24) is 9.80 Å². The Morgan fingerprint density at radius 2 is 1.25 bits per heavy atom. The van der Waals surface area contributed by atoms with E-state index in [1.165, 1.54) is 0 Å². The van der Waals surface area contributed by atoms with Crippen molar-refractivity contribution in [2.24, 2.45) is 17.8 Å². The van der Waals surface area contributed by atoms with Crippen LogP contribution < -0.4 is 0 Å². The summed E-state index contributed by atoms with van der Waals surface area (Å²) in [6.07, 6.45) is 1.48. The van der Waals surface area contributed by atoms with Crippen LogP contribution in [0.1, 0.15) is 47.5 Å². The summed E-state index contributed by atoms with van der Waals surface area (Å²) >= 11 is 0. The van der Waals surface area contributed by atoms with Crippen molar-refractivity contribution in [1.29, 1.82) is 0 Å². The smallest absolute Gasteiger partial charge is 0.245 e. The molecular weight excluding hydrogens is 252 g/mol. The van der Waals surface area contributed by atoms with Gasteiger partial charge in [0.15, 0.2) is 0 Å². The molecule has 3 atom stereocenters. The minimum atomic E-state index is -0.298. The lowest BCUT2D eigenvalue weighted by atomic mass is 9.88. The topological polar surface area (TPSA) is 40.6 Å². The summed E-state index contributed by atoms with van der Waals surface area (Å²) in [5, 5.41) is 0. The summed E-state index contributed by atoms with van der Waals surface area (Å²) in [6.45, 7) is 10.6. The Kier molecular flexibility index (Phi) is 5.60. The van der Waals surface area contributed by atoms with E-state index in [1.54, 1.807) is 23.9 Å². The van der Waals surface area contributed by atoms with E-state index in [4.69, 9.17) is 0 Å². The zero-order chi connectivity index (χ0) is 15.6. The fourth-order valence-electron chi connectivity index (χ4n) is 2.70. The summed E-state index contributed by atoms with van der Waals surface area (Å²) in [4.78, 5) is 28.4. The molecule has 116 valence electrons. The summed E-state index contributed by atoms with van der Waals surface area (Å²) in [5.41, 5.74) is 0. The number of hydrogen-bond acceptors (Lipinski definition) is 2. The van der Waals surface area contributed by atoms with E-state index >= 15 is 0 Å². The average Bonchev–Trinajstić information content (AvgIpc) is 2.36. The minimum Gasteiger partial charge on any atom is -0.332 e. The van der Waals surface area contributed by atoms with E-state index in [0.717, 1.165) is 12.8 Å². The predicted molar refractivity (Wildman–Crippen MR) is 81.2 cm³/mol. The van der Waals surface area contributed by atoms with Gasteiger partial charge in [-0.1, -0.05) is 34.6 Å². The lowest BCUT2D eigenvalue weighted by molar-refractivity contribution is -0.160. The molecule has 1 rings (SSSR count). The molecule has 0 aromatic carbocycles. The number of hydrogen-bond donors (Lipinski definition) is 0. The first kappa shape index (κ1) is 17.0. The Labute approximate surface area is 123 Å². The van der Waals surface area contributed by atoms with Gasteiger partial charge < -0.3 is 9.80 Å². The van der Waals surface area contributed by atoms with Gasteiger partial charge in [-0.2, -0.15) is 0 Å². The molecule has 3 unspecified atom stereocenters. The predicted octanol–water partition coefficient (Wildman–Crippen LogP) is 2.38. The molecule has 2 amide bonds. The van der Waals surface area contributed by atoms with Gasteiger partial charge in [0.2, 0.25) is 11.8 Å². The van der Waals surface area contributed by atoms with Crippen LogP contribution in [0, 0.1) is 17.8 Å².